The van der Waals surface area contributed by atoms with E-state index >= 15 is 0 Å². The zero-order valence-electron chi connectivity index (χ0n) is 19.0. The number of aromatic nitrogens is 5. The van der Waals surface area contributed by atoms with Crippen molar-refractivity contribution in [2.24, 2.45) is 0 Å². The molecule has 10 nitrogen and oxygen atoms in total. The number of benzene rings is 1. The number of alkyl halides is 2. The molecule has 184 valence electrons. The van der Waals surface area contributed by atoms with Crippen LogP contribution in [0.4, 0.5) is 14.5 Å². The van der Waals surface area contributed by atoms with Crippen molar-refractivity contribution in [3.05, 3.63) is 66.0 Å². The minimum Gasteiger partial charge on any atom is -0.434 e. The van der Waals surface area contributed by atoms with E-state index in [1.807, 2.05) is 6.26 Å². The molecule has 0 radical (unpaired) electrons. The Morgan fingerprint density at radius 1 is 1.42 bits per heavy atom. The maximum atomic E-state index is 13.3. The first-order chi connectivity index (χ1) is 17.4. The second kappa shape index (κ2) is 9.56. The predicted molar refractivity (Wildman–Crippen MR) is 129 cm³/mol. The average molecular weight is 511 g/mol. The molecule has 0 spiro atoms. The summed E-state index contributed by atoms with van der Waals surface area (Å²) in [4.78, 5) is 21.8. The first kappa shape index (κ1) is 23.7. The van der Waals surface area contributed by atoms with Crippen LogP contribution in [0.1, 0.15) is 10.4 Å². The molecule has 0 saturated carbocycles. The Kier molecular flexibility index (Phi) is 6.29. The van der Waals surface area contributed by atoms with E-state index in [0.717, 1.165) is 4.90 Å². The molecule has 13 heteroatoms. The summed E-state index contributed by atoms with van der Waals surface area (Å²) in [6.07, 6.45) is 8.10. The van der Waals surface area contributed by atoms with E-state index < -0.39 is 18.1 Å². The van der Waals surface area contributed by atoms with Gasteiger partial charge in [-0.1, -0.05) is 0 Å². The zero-order valence-corrected chi connectivity index (χ0v) is 19.8. The zero-order chi connectivity index (χ0) is 25.3. The normalized spacial score (nSPS) is 14.4. The summed E-state index contributed by atoms with van der Waals surface area (Å²) in [7, 11) is 0. The highest BCUT2D eigenvalue weighted by atomic mass is 32.2. The van der Waals surface area contributed by atoms with Crippen LogP contribution in [0.3, 0.4) is 0 Å². The van der Waals surface area contributed by atoms with Crippen LogP contribution in [0.2, 0.25) is 0 Å². The Hall–Kier alpha value is -4.02. The molecule has 1 aliphatic heterocycles. The highest BCUT2D eigenvalue weighted by molar-refractivity contribution is 7.98. The van der Waals surface area contributed by atoms with Gasteiger partial charge < -0.3 is 20.2 Å². The quantitative estimate of drug-likeness (QED) is 0.277. The minimum atomic E-state index is -3.04. The molecule has 4 heterocycles. The Labute approximate surface area is 208 Å². The number of amides is 1. The Morgan fingerprint density at radius 2 is 2.25 bits per heavy atom. The van der Waals surface area contributed by atoms with Crippen LogP contribution >= 0.6 is 11.8 Å². The van der Waals surface area contributed by atoms with Gasteiger partial charge in [-0.2, -0.15) is 19.0 Å². The summed E-state index contributed by atoms with van der Waals surface area (Å²) < 4.78 is 34.3. The van der Waals surface area contributed by atoms with E-state index in [0.29, 0.717) is 24.3 Å². The molecule has 5 rings (SSSR count). The Bertz CT molecular complexity index is 1470. The van der Waals surface area contributed by atoms with E-state index in [9.17, 15) is 13.6 Å². The summed E-state index contributed by atoms with van der Waals surface area (Å²) in [6, 6.07) is 6.49. The first-order valence-electron chi connectivity index (χ1n) is 10.8. The molecular formula is C23H20F2N8O2S. The van der Waals surface area contributed by atoms with E-state index in [4.69, 9.17) is 11.3 Å². The molecule has 1 fully saturated rings. The van der Waals surface area contributed by atoms with E-state index in [-0.39, 0.29) is 29.2 Å². The van der Waals surface area contributed by atoms with Crippen molar-refractivity contribution in [2.45, 2.75) is 17.0 Å². The SMILES string of the molecule is [C-]#[N+]CC1(n2cc(NC(=O)c3cnn4cccnc34)c(-c3cc(SC)ccc3OC(F)F)n2)CNC1. The first-order valence-corrected chi connectivity index (χ1v) is 12.0. The van der Waals surface area contributed by atoms with Crippen LogP contribution in [-0.4, -0.2) is 62.8 Å². The third-order valence-corrected chi connectivity index (χ3v) is 6.64. The number of thioether (sulfide) groups is 1. The Morgan fingerprint density at radius 3 is 2.94 bits per heavy atom. The maximum absolute atomic E-state index is 13.3. The number of rotatable bonds is 8. The molecule has 0 bridgehead atoms. The van der Waals surface area contributed by atoms with Crippen molar-refractivity contribution in [3.8, 4) is 17.0 Å². The van der Waals surface area contributed by atoms with Crippen molar-refractivity contribution in [3.63, 3.8) is 0 Å². The number of nitrogens with zero attached hydrogens (tertiary/aromatic N) is 6. The van der Waals surface area contributed by atoms with Crippen molar-refractivity contribution in [1.29, 1.82) is 0 Å². The van der Waals surface area contributed by atoms with Gasteiger partial charge in [0.25, 0.3) is 5.91 Å². The van der Waals surface area contributed by atoms with Crippen molar-refractivity contribution in [1.82, 2.24) is 29.7 Å². The van der Waals surface area contributed by atoms with Crippen molar-refractivity contribution in [2.75, 3.05) is 31.2 Å². The molecule has 0 atom stereocenters. The fourth-order valence-corrected chi connectivity index (χ4v) is 4.45. The standard InChI is InChI=1S/C23H20F2N8O2S/c1-26-11-23(12-27-13-23)33-10-17(30-21(34)16-9-29-32-7-3-6-28-20(16)32)19(31-33)15-8-14(36-2)4-5-18(15)35-22(24)25/h3-10,22,27H,11-13H2,2H3,(H,30,34). The van der Waals surface area contributed by atoms with Gasteiger partial charge >= 0.3 is 6.61 Å². The van der Waals surface area contributed by atoms with Gasteiger partial charge in [0, 0.05) is 35.9 Å². The summed E-state index contributed by atoms with van der Waals surface area (Å²) >= 11 is 1.43. The maximum Gasteiger partial charge on any atom is 0.387 e. The number of fused-ring (bicyclic) bond motifs is 1. The van der Waals surface area contributed by atoms with Gasteiger partial charge in [-0.05, 0) is 30.5 Å². The lowest BCUT2D eigenvalue weighted by molar-refractivity contribution is -0.0495. The molecule has 1 saturated heterocycles. The lowest BCUT2D eigenvalue weighted by Crippen LogP contribution is -2.62. The number of nitrogens with one attached hydrogen (secondary N) is 2. The number of hydrogen-bond donors (Lipinski definition) is 2. The molecule has 36 heavy (non-hydrogen) atoms. The van der Waals surface area contributed by atoms with E-state index in [2.05, 4.69) is 30.7 Å². The molecule has 3 aromatic heterocycles. The van der Waals surface area contributed by atoms with Gasteiger partial charge in [-0.25, -0.2) is 16.1 Å². The molecular weight excluding hydrogens is 490 g/mol. The Balaban J connectivity index is 1.62. The van der Waals surface area contributed by atoms with Gasteiger partial charge in [0.05, 0.1) is 18.1 Å². The summed E-state index contributed by atoms with van der Waals surface area (Å²) in [6.45, 7) is 5.52. The molecule has 0 unspecified atom stereocenters. The largest absolute Gasteiger partial charge is 0.434 e. The molecule has 1 aromatic carbocycles. The van der Waals surface area contributed by atoms with Crippen LogP contribution in [0.15, 0.2) is 53.9 Å². The molecule has 1 amide bonds. The number of hydrogen-bond acceptors (Lipinski definition) is 7. The van der Waals surface area contributed by atoms with Gasteiger partial charge in [0.1, 0.15) is 17.0 Å². The third-order valence-electron chi connectivity index (χ3n) is 5.91. The summed E-state index contributed by atoms with van der Waals surface area (Å²) in [5, 5.41) is 14.8. The van der Waals surface area contributed by atoms with Gasteiger partial charge in [-0.15, -0.1) is 11.8 Å². The van der Waals surface area contributed by atoms with Gasteiger partial charge in [0.2, 0.25) is 6.54 Å². The van der Waals surface area contributed by atoms with E-state index in [1.54, 1.807) is 41.5 Å². The number of carbonyl (C=O) groups is 1. The fourth-order valence-electron chi connectivity index (χ4n) is 4.01. The molecule has 4 aromatic rings. The molecule has 2 N–H and O–H groups in total. The number of carbonyl (C=O) groups excluding carboxylic acids is 1. The minimum absolute atomic E-state index is 0.0767. The summed E-state index contributed by atoms with van der Waals surface area (Å²) in [5.41, 5.74) is 0.797. The van der Waals surface area contributed by atoms with Gasteiger partial charge in [0.15, 0.2) is 11.2 Å². The van der Waals surface area contributed by atoms with Crippen LogP contribution in [0.5, 0.6) is 5.75 Å². The number of ether oxygens (including phenoxy) is 1. The van der Waals surface area contributed by atoms with Crippen LogP contribution < -0.4 is 15.4 Å². The second-order valence-corrected chi connectivity index (χ2v) is 9.00. The lowest BCUT2D eigenvalue weighted by Gasteiger charge is -2.38. The molecule has 0 aliphatic carbocycles. The monoisotopic (exact) mass is 510 g/mol. The van der Waals surface area contributed by atoms with Crippen LogP contribution in [0, 0.1) is 6.57 Å². The number of halogens is 2. The van der Waals surface area contributed by atoms with Gasteiger partial charge in [-0.3, -0.25) is 9.48 Å². The predicted octanol–water partition coefficient (Wildman–Crippen LogP) is 3.39. The van der Waals surface area contributed by atoms with Crippen LogP contribution in [-0.2, 0) is 5.54 Å². The van der Waals surface area contributed by atoms with Crippen LogP contribution in [0.25, 0.3) is 21.7 Å². The number of anilines is 1. The topological polar surface area (TPSA) is 103 Å². The average Bonchev–Trinajstić information content (AvgIpc) is 3.46. The third kappa shape index (κ3) is 4.25. The summed E-state index contributed by atoms with van der Waals surface area (Å²) in [5.74, 6) is -0.569. The smallest absolute Gasteiger partial charge is 0.387 e. The highest BCUT2D eigenvalue weighted by Crippen LogP contribution is 2.39. The second-order valence-electron chi connectivity index (χ2n) is 8.12. The highest BCUT2D eigenvalue weighted by Gasteiger charge is 2.44. The van der Waals surface area contributed by atoms with E-state index in [1.165, 1.54) is 28.5 Å². The lowest BCUT2D eigenvalue weighted by atomic mass is 9.93. The molecule has 1 aliphatic rings. The van der Waals surface area contributed by atoms with Crippen molar-refractivity contribution >= 4 is 29.0 Å². The van der Waals surface area contributed by atoms with Crippen molar-refractivity contribution < 1.29 is 18.3 Å². The fraction of sp³-hybridized carbons (Fsp3) is 0.261.